The molecule has 0 unspecified atom stereocenters. The average molecular weight is 254 g/mol. The Kier molecular flexibility index (Phi) is 4.99. The van der Waals surface area contributed by atoms with Crippen LogP contribution < -0.4 is 0 Å². The summed E-state index contributed by atoms with van der Waals surface area (Å²) < 4.78 is 5.85. The maximum Gasteiger partial charge on any atom is 0.141 e. The maximum absolute atomic E-state index is 12.2. The zero-order valence-electron chi connectivity index (χ0n) is 13.0. The summed E-state index contributed by atoms with van der Waals surface area (Å²) in [4.78, 5) is 12.2. The second kappa shape index (κ2) is 5.73. The standard InChI is InChI=1S/C16H30O2/c1-15(2,3)14(17)13-9-7-12(8-10-13)11-18-16(4,5)6/h12-13H,7-11H2,1-6H3. The molecule has 0 N–H and O–H groups in total. The van der Waals surface area contributed by atoms with E-state index < -0.39 is 0 Å². The number of rotatable bonds is 3. The van der Waals surface area contributed by atoms with Gasteiger partial charge in [0.1, 0.15) is 5.78 Å². The van der Waals surface area contributed by atoms with Crippen LogP contribution in [-0.2, 0) is 9.53 Å². The molecule has 1 rings (SSSR count). The van der Waals surface area contributed by atoms with Crippen molar-refractivity contribution in [2.24, 2.45) is 17.3 Å². The second-order valence-electron chi connectivity index (χ2n) is 7.76. The van der Waals surface area contributed by atoms with Gasteiger partial charge in [-0.3, -0.25) is 4.79 Å². The van der Waals surface area contributed by atoms with Crippen molar-refractivity contribution >= 4 is 5.78 Å². The number of ketones is 1. The predicted octanol–water partition coefficient (Wildman–Crippen LogP) is 4.22. The van der Waals surface area contributed by atoms with E-state index in [0.29, 0.717) is 11.7 Å². The van der Waals surface area contributed by atoms with Gasteiger partial charge in [0.05, 0.1) is 12.2 Å². The highest BCUT2D eigenvalue weighted by atomic mass is 16.5. The molecule has 18 heavy (non-hydrogen) atoms. The molecular formula is C16H30O2. The molecule has 2 heteroatoms. The van der Waals surface area contributed by atoms with E-state index in [1.54, 1.807) is 0 Å². The third kappa shape index (κ3) is 5.09. The summed E-state index contributed by atoms with van der Waals surface area (Å²) in [5.74, 6) is 1.38. The van der Waals surface area contributed by atoms with Crippen molar-refractivity contribution in [1.29, 1.82) is 0 Å². The van der Waals surface area contributed by atoms with Crippen molar-refractivity contribution in [1.82, 2.24) is 0 Å². The molecule has 106 valence electrons. The van der Waals surface area contributed by atoms with Crippen LogP contribution in [0, 0.1) is 17.3 Å². The molecule has 0 atom stereocenters. The van der Waals surface area contributed by atoms with Gasteiger partial charge in [0.25, 0.3) is 0 Å². The predicted molar refractivity (Wildman–Crippen MR) is 75.6 cm³/mol. The van der Waals surface area contributed by atoms with Crippen LogP contribution in [0.1, 0.15) is 67.2 Å². The van der Waals surface area contributed by atoms with Crippen LogP contribution in [0.5, 0.6) is 0 Å². The van der Waals surface area contributed by atoms with Crippen LogP contribution in [0.15, 0.2) is 0 Å². The van der Waals surface area contributed by atoms with Crippen molar-refractivity contribution in [3.63, 3.8) is 0 Å². The highest BCUT2D eigenvalue weighted by Crippen LogP contribution is 2.34. The molecule has 0 aromatic carbocycles. The molecule has 0 aromatic heterocycles. The smallest absolute Gasteiger partial charge is 0.141 e. The summed E-state index contributed by atoms with van der Waals surface area (Å²) in [6.45, 7) is 13.2. The Bertz CT molecular complexity index is 272. The van der Waals surface area contributed by atoms with E-state index >= 15 is 0 Å². The largest absolute Gasteiger partial charge is 0.376 e. The van der Waals surface area contributed by atoms with Gasteiger partial charge in [-0.05, 0) is 52.4 Å². The van der Waals surface area contributed by atoms with Gasteiger partial charge in [-0.2, -0.15) is 0 Å². The highest BCUT2D eigenvalue weighted by Gasteiger charge is 2.33. The molecule has 0 heterocycles. The summed E-state index contributed by atoms with van der Waals surface area (Å²) in [6, 6.07) is 0. The van der Waals surface area contributed by atoms with Gasteiger partial charge in [0, 0.05) is 11.3 Å². The minimum atomic E-state index is -0.181. The van der Waals surface area contributed by atoms with Crippen LogP contribution >= 0.6 is 0 Å². The normalized spacial score (nSPS) is 26.1. The quantitative estimate of drug-likeness (QED) is 0.753. The monoisotopic (exact) mass is 254 g/mol. The zero-order chi connectivity index (χ0) is 14.0. The van der Waals surface area contributed by atoms with Crippen molar-refractivity contribution < 1.29 is 9.53 Å². The van der Waals surface area contributed by atoms with E-state index in [1.165, 1.54) is 0 Å². The SMILES string of the molecule is CC(C)(C)OCC1CCC(C(=O)C(C)(C)C)CC1. The fraction of sp³-hybridized carbons (Fsp3) is 0.938. The molecule has 0 saturated heterocycles. The number of carbonyl (C=O) groups is 1. The van der Waals surface area contributed by atoms with Crippen LogP contribution in [0.4, 0.5) is 0 Å². The Morgan fingerprint density at radius 1 is 1.00 bits per heavy atom. The molecule has 2 nitrogen and oxygen atoms in total. The summed E-state index contributed by atoms with van der Waals surface area (Å²) in [5.41, 5.74) is -0.225. The highest BCUT2D eigenvalue weighted by molar-refractivity contribution is 5.85. The van der Waals surface area contributed by atoms with Crippen molar-refractivity contribution in [3.8, 4) is 0 Å². The van der Waals surface area contributed by atoms with E-state index in [9.17, 15) is 4.79 Å². The van der Waals surface area contributed by atoms with Crippen molar-refractivity contribution in [2.45, 2.75) is 72.8 Å². The average Bonchev–Trinajstić information content (AvgIpc) is 2.24. The Labute approximate surface area is 112 Å². The first-order valence-corrected chi connectivity index (χ1v) is 7.28. The van der Waals surface area contributed by atoms with Gasteiger partial charge in [-0.1, -0.05) is 20.8 Å². The molecule has 0 bridgehead atoms. The molecule has 0 amide bonds. The number of ether oxygens (including phenoxy) is 1. The van der Waals surface area contributed by atoms with Gasteiger partial charge in [-0.15, -0.1) is 0 Å². The van der Waals surface area contributed by atoms with Crippen LogP contribution in [-0.4, -0.2) is 18.0 Å². The molecule has 0 aliphatic heterocycles. The second-order valence-corrected chi connectivity index (χ2v) is 7.76. The molecule has 0 radical (unpaired) electrons. The lowest BCUT2D eigenvalue weighted by Crippen LogP contribution is -2.33. The van der Waals surface area contributed by atoms with E-state index in [-0.39, 0.29) is 16.9 Å². The number of hydrogen-bond donors (Lipinski definition) is 0. The third-order valence-corrected chi connectivity index (χ3v) is 3.71. The first-order chi connectivity index (χ1) is 8.09. The molecule has 0 spiro atoms. The molecule has 1 aliphatic rings. The molecular weight excluding hydrogens is 224 g/mol. The first-order valence-electron chi connectivity index (χ1n) is 7.28. The van der Waals surface area contributed by atoms with Gasteiger partial charge in [0.2, 0.25) is 0 Å². The van der Waals surface area contributed by atoms with E-state index in [1.807, 2.05) is 20.8 Å². The summed E-state index contributed by atoms with van der Waals surface area (Å²) >= 11 is 0. The van der Waals surface area contributed by atoms with E-state index in [0.717, 1.165) is 32.3 Å². The third-order valence-electron chi connectivity index (χ3n) is 3.71. The summed E-state index contributed by atoms with van der Waals surface area (Å²) in [6.07, 6.45) is 4.38. The van der Waals surface area contributed by atoms with Crippen LogP contribution in [0.2, 0.25) is 0 Å². The van der Waals surface area contributed by atoms with E-state index in [4.69, 9.17) is 4.74 Å². The van der Waals surface area contributed by atoms with Gasteiger partial charge < -0.3 is 4.74 Å². The molecule has 0 aromatic rings. The van der Waals surface area contributed by atoms with Gasteiger partial charge in [-0.25, -0.2) is 0 Å². The Morgan fingerprint density at radius 3 is 1.89 bits per heavy atom. The Morgan fingerprint density at radius 2 is 1.50 bits per heavy atom. The minimum absolute atomic E-state index is 0.0436. The molecule has 1 fully saturated rings. The topological polar surface area (TPSA) is 26.3 Å². The van der Waals surface area contributed by atoms with Crippen LogP contribution in [0.3, 0.4) is 0 Å². The fourth-order valence-electron chi connectivity index (χ4n) is 2.57. The lowest BCUT2D eigenvalue weighted by atomic mass is 9.74. The zero-order valence-corrected chi connectivity index (χ0v) is 13.0. The van der Waals surface area contributed by atoms with Crippen LogP contribution in [0.25, 0.3) is 0 Å². The summed E-state index contributed by atoms with van der Waals surface area (Å²) in [5, 5.41) is 0. The minimum Gasteiger partial charge on any atom is -0.376 e. The Hall–Kier alpha value is -0.370. The maximum atomic E-state index is 12.2. The number of hydrogen-bond acceptors (Lipinski definition) is 2. The first kappa shape index (κ1) is 15.7. The summed E-state index contributed by atoms with van der Waals surface area (Å²) in [7, 11) is 0. The Balaban J connectivity index is 2.35. The lowest BCUT2D eigenvalue weighted by molar-refractivity contribution is -0.132. The fourth-order valence-corrected chi connectivity index (χ4v) is 2.57. The molecule has 1 aliphatic carbocycles. The lowest BCUT2D eigenvalue weighted by Gasteiger charge is -2.32. The van der Waals surface area contributed by atoms with Gasteiger partial charge >= 0.3 is 0 Å². The van der Waals surface area contributed by atoms with Gasteiger partial charge in [0.15, 0.2) is 0 Å². The van der Waals surface area contributed by atoms with Crippen molar-refractivity contribution in [2.75, 3.05) is 6.61 Å². The number of carbonyl (C=O) groups excluding carboxylic acids is 1. The number of Topliss-reactive ketones (excluding diaryl/α,β-unsaturated/α-hetero) is 1. The van der Waals surface area contributed by atoms with Crippen molar-refractivity contribution in [3.05, 3.63) is 0 Å². The van der Waals surface area contributed by atoms with E-state index in [2.05, 4.69) is 20.8 Å². The molecule has 1 saturated carbocycles.